The summed E-state index contributed by atoms with van der Waals surface area (Å²) in [6.07, 6.45) is 0.155. The van der Waals surface area contributed by atoms with Gasteiger partial charge in [0.25, 0.3) is 11.6 Å². The summed E-state index contributed by atoms with van der Waals surface area (Å²) in [6, 6.07) is 3.82. The molecule has 1 amide bonds. The number of nitro groups is 1. The minimum Gasteiger partial charge on any atom is -0.481 e. The minimum atomic E-state index is -0.966. The number of nitro benzene ring substituents is 1. The van der Waals surface area contributed by atoms with Crippen LogP contribution < -0.4 is 10.6 Å². The number of esters is 1. The molecule has 0 saturated carbocycles. The van der Waals surface area contributed by atoms with Crippen LogP contribution >= 0.6 is 0 Å². The topological polar surface area (TPSA) is 148 Å². The number of benzene rings is 1. The first-order valence-electron chi connectivity index (χ1n) is 7.69. The Hall–Kier alpha value is -3.17. The molecule has 10 heteroatoms. The van der Waals surface area contributed by atoms with Crippen LogP contribution in [0.1, 0.15) is 37.0 Å². The van der Waals surface area contributed by atoms with Gasteiger partial charge in [0.2, 0.25) is 0 Å². The molecular formula is C16H21N3O7. The lowest BCUT2D eigenvalue weighted by molar-refractivity contribution is -0.384. The number of amides is 1. The van der Waals surface area contributed by atoms with E-state index in [1.807, 2.05) is 0 Å². The summed E-state index contributed by atoms with van der Waals surface area (Å²) in [6.45, 7) is 3.08. The molecule has 3 N–H and O–H groups in total. The van der Waals surface area contributed by atoms with Crippen molar-refractivity contribution in [2.24, 2.45) is 0 Å². The van der Waals surface area contributed by atoms with Crippen molar-refractivity contribution in [2.45, 2.75) is 32.2 Å². The minimum absolute atomic E-state index is 0.00879. The number of methoxy groups -OCH3 is 1. The number of nitrogens with one attached hydrogen (secondary N) is 2. The second kappa shape index (κ2) is 8.79. The Labute approximate surface area is 149 Å². The first kappa shape index (κ1) is 20.9. The van der Waals surface area contributed by atoms with Crippen molar-refractivity contribution < 1.29 is 29.2 Å². The van der Waals surface area contributed by atoms with Crippen LogP contribution in [-0.2, 0) is 14.3 Å². The predicted molar refractivity (Wildman–Crippen MR) is 92.0 cm³/mol. The van der Waals surface area contributed by atoms with Crippen molar-refractivity contribution in [3.05, 3.63) is 33.9 Å². The second-order valence-corrected chi connectivity index (χ2v) is 6.15. The number of ether oxygens (including phenoxy) is 1. The molecule has 142 valence electrons. The van der Waals surface area contributed by atoms with Gasteiger partial charge < -0.3 is 20.5 Å². The monoisotopic (exact) mass is 367 g/mol. The first-order chi connectivity index (χ1) is 12.1. The Kier molecular flexibility index (Phi) is 7.06. The molecule has 0 atom stereocenters. The highest BCUT2D eigenvalue weighted by Crippen LogP contribution is 2.29. The highest BCUT2D eigenvalue weighted by Gasteiger charge is 2.24. The maximum atomic E-state index is 12.0. The number of nitrogens with zero attached hydrogens (tertiary/aromatic N) is 1. The molecule has 0 radical (unpaired) electrons. The van der Waals surface area contributed by atoms with Gasteiger partial charge in [0.1, 0.15) is 12.2 Å². The van der Waals surface area contributed by atoms with E-state index in [2.05, 4.69) is 15.4 Å². The third kappa shape index (κ3) is 6.38. The van der Waals surface area contributed by atoms with Crippen LogP contribution in [-0.4, -0.2) is 47.1 Å². The number of carboxylic acid groups (broad SMARTS) is 1. The Morgan fingerprint density at radius 1 is 1.31 bits per heavy atom. The standard InChI is InChI=1S/C16H21N3O7/c1-16(2,7-6-13(20)21)18-11-5-4-10(8-12(11)19(24)25)15(23)17-9-14(22)26-3/h4-5,8,18H,6-7,9H2,1-3H3,(H,17,23)(H,20,21). The van der Waals surface area contributed by atoms with Crippen LogP contribution in [0.4, 0.5) is 11.4 Å². The third-order valence-corrected chi connectivity index (χ3v) is 3.51. The fourth-order valence-corrected chi connectivity index (χ4v) is 2.10. The summed E-state index contributed by atoms with van der Waals surface area (Å²) in [7, 11) is 1.17. The fraction of sp³-hybridized carbons (Fsp3) is 0.438. The zero-order valence-corrected chi connectivity index (χ0v) is 14.7. The molecule has 1 aromatic carbocycles. The van der Waals surface area contributed by atoms with Gasteiger partial charge in [0, 0.05) is 23.6 Å². The molecule has 10 nitrogen and oxygen atoms in total. The lowest BCUT2D eigenvalue weighted by Crippen LogP contribution is -2.32. The predicted octanol–water partition coefficient (Wildman–Crippen LogP) is 1.55. The van der Waals surface area contributed by atoms with Crippen LogP contribution in [0.2, 0.25) is 0 Å². The number of hydrogen-bond donors (Lipinski definition) is 3. The highest BCUT2D eigenvalue weighted by molar-refractivity contribution is 5.97. The Balaban J connectivity index is 2.98. The van der Waals surface area contributed by atoms with Crippen molar-refractivity contribution in [3.8, 4) is 0 Å². The molecule has 0 unspecified atom stereocenters. The van der Waals surface area contributed by atoms with Gasteiger partial charge in [-0.2, -0.15) is 0 Å². The van der Waals surface area contributed by atoms with Gasteiger partial charge in [-0.05, 0) is 32.4 Å². The van der Waals surface area contributed by atoms with Crippen LogP contribution in [0, 0.1) is 10.1 Å². The Morgan fingerprint density at radius 3 is 2.50 bits per heavy atom. The van der Waals surface area contributed by atoms with Gasteiger partial charge in [-0.15, -0.1) is 0 Å². The SMILES string of the molecule is COC(=O)CNC(=O)c1ccc(NC(C)(C)CCC(=O)O)c([N+](=O)[O-])c1. The summed E-state index contributed by atoms with van der Waals surface area (Å²) < 4.78 is 4.40. The zero-order chi connectivity index (χ0) is 19.9. The normalized spacial score (nSPS) is 10.7. The van der Waals surface area contributed by atoms with Crippen molar-refractivity contribution in [2.75, 3.05) is 19.0 Å². The van der Waals surface area contributed by atoms with Crippen LogP contribution in [0.25, 0.3) is 0 Å². The molecule has 0 aliphatic carbocycles. The van der Waals surface area contributed by atoms with E-state index in [9.17, 15) is 24.5 Å². The average Bonchev–Trinajstić information content (AvgIpc) is 2.57. The van der Waals surface area contributed by atoms with E-state index in [4.69, 9.17) is 5.11 Å². The molecule has 0 fully saturated rings. The van der Waals surface area contributed by atoms with E-state index in [1.165, 1.54) is 19.2 Å². The summed E-state index contributed by atoms with van der Waals surface area (Å²) in [5.41, 5.74) is -0.874. The number of carboxylic acids is 1. The van der Waals surface area contributed by atoms with Crippen molar-refractivity contribution in [3.63, 3.8) is 0 Å². The van der Waals surface area contributed by atoms with Crippen LogP contribution in [0.15, 0.2) is 18.2 Å². The van der Waals surface area contributed by atoms with E-state index >= 15 is 0 Å². The van der Waals surface area contributed by atoms with Crippen molar-refractivity contribution >= 4 is 29.2 Å². The lowest BCUT2D eigenvalue weighted by Gasteiger charge is -2.26. The Bertz CT molecular complexity index is 716. The van der Waals surface area contributed by atoms with Gasteiger partial charge in [0.15, 0.2) is 0 Å². The number of rotatable bonds is 9. The van der Waals surface area contributed by atoms with E-state index in [0.717, 1.165) is 6.07 Å². The zero-order valence-electron chi connectivity index (χ0n) is 14.7. The lowest BCUT2D eigenvalue weighted by atomic mass is 9.97. The summed E-state index contributed by atoms with van der Waals surface area (Å²) >= 11 is 0. The van der Waals surface area contributed by atoms with Crippen LogP contribution in [0.5, 0.6) is 0 Å². The largest absolute Gasteiger partial charge is 0.481 e. The fourth-order valence-electron chi connectivity index (χ4n) is 2.10. The molecule has 0 aromatic heterocycles. The number of carbonyl (C=O) groups excluding carboxylic acids is 2. The van der Waals surface area contributed by atoms with E-state index in [-0.39, 0.29) is 36.3 Å². The van der Waals surface area contributed by atoms with Gasteiger partial charge in [-0.3, -0.25) is 24.5 Å². The van der Waals surface area contributed by atoms with Crippen molar-refractivity contribution in [1.29, 1.82) is 0 Å². The maximum Gasteiger partial charge on any atom is 0.325 e. The van der Waals surface area contributed by atoms with Crippen molar-refractivity contribution in [1.82, 2.24) is 5.32 Å². The molecule has 1 rings (SSSR count). The van der Waals surface area contributed by atoms with Gasteiger partial charge in [-0.1, -0.05) is 0 Å². The molecule has 26 heavy (non-hydrogen) atoms. The third-order valence-electron chi connectivity index (χ3n) is 3.51. The quantitative estimate of drug-likeness (QED) is 0.338. The maximum absolute atomic E-state index is 12.0. The smallest absolute Gasteiger partial charge is 0.325 e. The summed E-state index contributed by atoms with van der Waals surface area (Å²) in [5, 5.41) is 25.3. The number of hydrogen-bond acceptors (Lipinski definition) is 7. The van der Waals surface area contributed by atoms with Crippen LogP contribution in [0.3, 0.4) is 0 Å². The summed E-state index contributed by atoms with van der Waals surface area (Å²) in [5.74, 6) is -2.27. The molecule has 0 aliphatic heterocycles. The number of carbonyl (C=O) groups is 3. The molecule has 0 heterocycles. The molecule has 1 aromatic rings. The molecule has 0 aliphatic rings. The van der Waals surface area contributed by atoms with E-state index in [1.54, 1.807) is 13.8 Å². The van der Waals surface area contributed by atoms with Gasteiger partial charge >= 0.3 is 11.9 Å². The number of aliphatic carboxylic acids is 1. The molecule has 0 saturated heterocycles. The van der Waals surface area contributed by atoms with E-state index < -0.39 is 28.3 Å². The molecule has 0 bridgehead atoms. The van der Waals surface area contributed by atoms with E-state index in [0.29, 0.717) is 0 Å². The Morgan fingerprint density at radius 2 is 1.96 bits per heavy atom. The average molecular weight is 367 g/mol. The van der Waals surface area contributed by atoms with Gasteiger partial charge in [-0.25, -0.2) is 0 Å². The molecule has 0 spiro atoms. The molecular weight excluding hydrogens is 346 g/mol. The summed E-state index contributed by atoms with van der Waals surface area (Å²) in [4.78, 5) is 44.4. The first-order valence-corrected chi connectivity index (χ1v) is 7.69. The van der Waals surface area contributed by atoms with Gasteiger partial charge in [0.05, 0.1) is 12.0 Å². The highest BCUT2D eigenvalue weighted by atomic mass is 16.6. The number of anilines is 1. The second-order valence-electron chi connectivity index (χ2n) is 6.15.